The highest BCUT2D eigenvalue weighted by Crippen LogP contribution is 2.36. The number of fused-ring (bicyclic) bond motifs is 3. The summed E-state index contributed by atoms with van der Waals surface area (Å²) in [6.07, 6.45) is 3.01. The van der Waals surface area contributed by atoms with Crippen LogP contribution in [0.2, 0.25) is 19.4 Å². The van der Waals surface area contributed by atoms with Crippen LogP contribution in [0.1, 0.15) is 22.4 Å². The number of carbonyl (C=O) groups is 1. The van der Waals surface area contributed by atoms with Crippen LogP contribution in [0.15, 0.2) is 46.7 Å². The molecule has 1 N–H and O–H groups in total. The highest BCUT2D eigenvalue weighted by molar-refractivity contribution is 7.92. The van der Waals surface area contributed by atoms with Gasteiger partial charge in [0, 0.05) is 51.3 Å². The van der Waals surface area contributed by atoms with Gasteiger partial charge in [-0.05, 0) is 42.0 Å². The van der Waals surface area contributed by atoms with Gasteiger partial charge in [-0.2, -0.15) is 0 Å². The number of ether oxygens (including phenoxy) is 1. The molecule has 0 spiro atoms. The number of amides is 1. The van der Waals surface area contributed by atoms with Gasteiger partial charge in [-0.3, -0.25) is 4.79 Å². The molecule has 0 saturated heterocycles. The van der Waals surface area contributed by atoms with Crippen molar-refractivity contribution in [1.82, 2.24) is 9.29 Å². The number of benzene rings is 2. The number of hydrogen-bond acceptors (Lipinski definition) is 5. The standard InChI is InChI=1S/C25H17Cl4FN2O4S2/c26-15-3-1-14(19(27)8-15)11-32-21-5-6-36-12-18(21)17-9-16(30)7-13(24(17)32)2-4-22(33)31-38(34,35)23-10-20(28)25(29)37-23/h1-4,7-10H,5-6,11-12H2,(H,31,33)/b4-2+. The van der Waals surface area contributed by atoms with Crippen molar-refractivity contribution in [2.45, 2.75) is 23.8 Å². The lowest BCUT2D eigenvalue weighted by atomic mass is 10.1. The van der Waals surface area contributed by atoms with Gasteiger partial charge in [0.2, 0.25) is 0 Å². The van der Waals surface area contributed by atoms with Crippen LogP contribution >= 0.6 is 57.7 Å². The zero-order chi connectivity index (χ0) is 27.2. The fraction of sp³-hybridized carbons (Fsp3) is 0.160. The van der Waals surface area contributed by atoms with E-state index in [1.165, 1.54) is 18.2 Å². The van der Waals surface area contributed by atoms with Crippen molar-refractivity contribution in [2.75, 3.05) is 6.61 Å². The maximum absolute atomic E-state index is 14.7. The number of sulfonamides is 1. The first-order valence-corrected chi connectivity index (χ1v) is 14.9. The van der Waals surface area contributed by atoms with Gasteiger partial charge < -0.3 is 9.30 Å². The van der Waals surface area contributed by atoms with E-state index < -0.39 is 21.7 Å². The van der Waals surface area contributed by atoms with Gasteiger partial charge in [0.1, 0.15) is 14.4 Å². The van der Waals surface area contributed by atoms with Gasteiger partial charge in [-0.1, -0.05) is 52.5 Å². The summed E-state index contributed by atoms with van der Waals surface area (Å²) in [6, 6.07) is 9.08. The van der Waals surface area contributed by atoms with E-state index in [9.17, 15) is 17.6 Å². The number of rotatable bonds is 6. The predicted molar refractivity (Wildman–Crippen MR) is 150 cm³/mol. The Morgan fingerprint density at radius 3 is 2.63 bits per heavy atom. The number of aromatic nitrogens is 1. The highest BCUT2D eigenvalue weighted by atomic mass is 35.5. The van der Waals surface area contributed by atoms with E-state index >= 15 is 0 Å². The molecule has 6 nitrogen and oxygen atoms in total. The fourth-order valence-corrected chi connectivity index (χ4v) is 7.65. The van der Waals surface area contributed by atoms with Gasteiger partial charge in [-0.25, -0.2) is 17.5 Å². The molecule has 0 fully saturated rings. The van der Waals surface area contributed by atoms with Crippen LogP contribution in [0.4, 0.5) is 4.39 Å². The van der Waals surface area contributed by atoms with E-state index in [2.05, 4.69) is 0 Å². The molecule has 13 heteroatoms. The van der Waals surface area contributed by atoms with Gasteiger partial charge in [0.15, 0.2) is 0 Å². The Morgan fingerprint density at radius 1 is 1.13 bits per heavy atom. The lowest BCUT2D eigenvalue weighted by molar-refractivity contribution is -0.114. The summed E-state index contributed by atoms with van der Waals surface area (Å²) in [5.74, 6) is -1.43. The Bertz CT molecular complexity index is 1710. The predicted octanol–water partition coefficient (Wildman–Crippen LogP) is 7.09. The van der Waals surface area contributed by atoms with Crippen LogP contribution in [0, 0.1) is 5.82 Å². The van der Waals surface area contributed by atoms with E-state index in [1.807, 2.05) is 15.4 Å². The fourth-order valence-electron chi connectivity index (χ4n) is 4.36. The molecule has 1 aliphatic heterocycles. The second kappa shape index (κ2) is 10.8. The smallest absolute Gasteiger partial charge is 0.273 e. The minimum atomic E-state index is -4.20. The van der Waals surface area contributed by atoms with E-state index in [-0.39, 0.29) is 13.6 Å². The second-order valence-electron chi connectivity index (χ2n) is 8.43. The minimum absolute atomic E-state index is 0.0664. The molecule has 4 aromatic rings. The zero-order valence-corrected chi connectivity index (χ0v) is 23.9. The molecule has 0 aliphatic carbocycles. The molecule has 2 aromatic carbocycles. The number of thiophene rings is 1. The second-order valence-corrected chi connectivity index (χ2v) is 13.2. The third-order valence-electron chi connectivity index (χ3n) is 5.98. The summed E-state index contributed by atoms with van der Waals surface area (Å²) < 4.78 is 49.3. The largest absolute Gasteiger partial charge is 0.376 e. The molecule has 1 aliphatic rings. The topological polar surface area (TPSA) is 77.4 Å². The third kappa shape index (κ3) is 5.47. The molecule has 0 atom stereocenters. The number of halogens is 5. The average Bonchev–Trinajstić information content (AvgIpc) is 3.36. The first-order valence-electron chi connectivity index (χ1n) is 11.1. The lowest BCUT2D eigenvalue weighted by Crippen LogP contribution is -2.28. The highest BCUT2D eigenvalue weighted by Gasteiger charge is 2.24. The van der Waals surface area contributed by atoms with Crippen molar-refractivity contribution in [3.05, 3.63) is 90.1 Å². The summed E-state index contributed by atoms with van der Waals surface area (Å²) in [6.45, 7) is 1.18. The average molecular weight is 634 g/mol. The summed E-state index contributed by atoms with van der Waals surface area (Å²) in [4.78, 5) is 12.6. The molecule has 0 bridgehead atoms. The third-order valence-corrected chi connectivity index (χ3v) is 10.3. The summed E-state index contributed by atoms with van der Waals surface area (Å²) in [5, 5.41) is 1.69. The van der Waals surface area contributed by atoms with E-state index in [0.717, 1.165) is 40.3 Å². The Morgan fingerprint density at radius 2 is 1.92 bits per heavy atom. The first-order chi connectivity index (χ1) is 18.0. The maximum atomic E-state index is 14.7. The molecule has 38 heavy (non-hydrogen) atoms. The van der Waals surface area contributed by atoms with Crippen LogP contribution in [-0.4, -0.2) is 25.5 Å². The molecular weight excluding hydrogens is 617 g/mol. The van der Waals surface area contributed by atoms with Crippen molar-refractivity contribution >= 4 is 90.6 Å². The molecule has 0 radical (unpaired) electrons. The summed E-state index contributed by atoms with van der Waals surface area (Å²) in [7, 11) is -4.20. The van der Waals surface area contributed by atoms with Crippen molar-refractivity contribution in [3.8, 4) is 0 Å². The molecule has 5 rings (SSSR count). The van der Waals surface area contributed by atoms with E-state index in [1.54, 1.807) is 12.1 Å². The molecule has 0 saturated carbocycles. The summed E-state index contributed by atoms with van der Waals surface area (Å²) in [5.41, 5.74) is 3.67. The van der Waals surface area contributed by atoms with Crippen LogP contribution in [0.25, 0.3) is 17.0 Å². The number of hydrogen-bond donors (Lipinski definition) is 1. The SMILES string of the molecule is O=C(/C=C/c1cc(F)cc2c3c(n(Cc4ccc(Cl)cc4Cl)c12)CCOC3)NS(=O)(=O)c1cc(Cl)c(Cl)s1. The Labute approximate surface area is 241 Å². The number of carbonyl (C=O) groups excluding carboxylic acids is 1. The van der Waals surface area contributed by atoms with Crippen LogP contribution in [0.5, 0.6) is 0 Å². The van der Waals surface area contributed by atoms with Gasteiger partial charge >= 0.3 is 0 Å². The maximum Gasteiger partial charge on any atom is 0.273 e. The Balaban J connectivity index is 1.55. The van der Waals surface area contributed by atoms with Crippen LogP contribution < -0.4 is 4.72 Å². The van der Waals surface area contributed by atoms with Crippen LogP contribution in [-0.2, 0) is 39.1 Å². The van der Waals surface area contributed by atoms with Crippen molar-refractivity contribution in [3.63, 3.8) is 0 Å². The van der Waals surface area contributed by atoms with Crippen molar-refractivity contribution < 1.29 is 22.3 Å². The quantitative estimate of drug-likeness (QED) is 0.230. The van der Waals surface area contributed by atoms with Gasteiger partial charge in [0.05, 0.1) is 23.8 Å². The molecular formula is C25H17Cl4FN2O4S2. The van der Waals surface area contributed by atoms with E-state index in [4.69, 9.17) is 51.1 Å². The van der Waals surface area contributed by atoms with Gasteiger partial charge in [-0.15, -0.1) is 11.3 Å². The normalized spacial score (nSPS) is 13.8. The molecule has 0 unspecified atom stereocenters. The first kappa shape index (κ1) is 27.5. The molecule has 3 heterocycles. The minimum Gasteiger partial charge on any atom is -0.376 e. The molecule has 1 amide bonds. The monoisotopic (exact) mass is 632 g/mol. The summed E-state index contributed by atoms with van der Waals surface area (Å²) >= 11 is 24.9. The van der Waals surface area contributed by atoms with Crippen molar-refractivity contribution in [1.29, 1.82) is 0 Å². The van der Waals surface area contributed by atoms with Crippen molar-refractivity contribution in [2.24, 2.45) is 0 Å². The lowest BCUT2D eigenvalue weighted by Gasteiger charge is -2.17. The molecule has 198 valence electrons. The van der Waals surface area contributed by atoms with E-state index in [0.29, 0.717) is 52.7 Å². The number of nitrogens with one attached hydrogen (secondary N) is 1. The zero-order valence-electron chi connectivity index (χ0n) is 19.2. The molecule has 2 aromatic heterocycles. The van der Waals surface area contributed by atoms with Crippen LogP contribution in [0.3, 0.4) is 0 Å². The Kier molecular flexibility index (Phi) is 7.81. The number of nitrogens with zero attached hydrogens (tertiary/aromatic N) is 1. The van der Waals surface area contributed by atoms with Gasteiger partial charge in [0.25, 0.3) is 15.9 Å². The Hall–Kier alpha value is -2.11.